The maximum atomic E-state index is 13.2. The average molecular weight is 280 g/mol. The van der Waals surface area contributed by atoms with Crippen LogP contribution in [0.3, 0.4) is 0 Å². The van der Waals surface area contributed by atoms with E-state index in [-0.39, 0.29) is 18.2 Å². The molecule has 1 aromatic rings. The van der Waals surface area contributed by atoms with Crippen molar-refractivity contribution in [2.24, 2.45) is 11.8 Å². The number of benzene rings is 1. The highest BCUT2D eigenvalue weighted by atomic mass is 19.1. The van der Waals surface area contributed by atoms with Crippen LogP contribution in [0.25, 0.3) is 0 Å². The largest absolute Gasteiger partial charge is 0.481 e. The second-order valence-electron chi connectivity index (χ2n) is 5.65. The van der Waals surface area contributed by atoms with E-state index >= 15 is 0 Å². The summed E-state index contributed by atoms with van der Waals surface area (Å²) in [6, 6.07) is 6.05. The van der Waals surface area contributed by atoms with Crippen LogP contribution in [0.5, 0.6) is 0 Å². The Balaban J connectivity index is 2.15. The molecule has 0 saturated heterocycles. The summed E-state index contributed by atoms with van der Waals surface area (Å²) in [5.74, 6) is -2.14. The Bertz CT molecular complexity index is 461. The summed E-state index contributed by atoms with van der Waals surface area (Å²) in [6.45, 7) is 0. The van der Waals surface area contributed by atoms with Crippen LogP contribution >= 0.6 is 0 Å². The summed E-state index contributed by atoms with van der Waals surface area (Å²) in [6.07, 6.45) is 4.05. The highest BCUT2D eigenvalue weighted by molar-refractivity contribution is 5.71. The van der Waals surface area contributed by atoms with Crippen molar-refractivity contribution in [1.82, 2.24) is 0 Å². The quantitative estimate of drug-likeness (QED) is 0.834. The number of aliphatic hydroxyl groups is 1. The van der Waals surface area contributed by atoms with Crippen molar-refractivity contribution < 1.29 is 19.4 Å². The molecule has 110 valence electrons. The van der Waals surface area contributed by atoms with Gasteiger partial charge in [0.2, 0.25) is 0 Å². The molecule has 0 aliphatic heterocycles. The third-order valence-corrected chi connectivity index (χ3v) is 4.21. The number of carboxylic acids is 1. The van der Waals surface area contributed by atoms with Gasteiger partial charge in [-0.15, -0.1) is 0 Å². The summed E-state index contributed by atoms with van der Waals surface area (Å²) < 4.78 is 13.2. The molecule has 1 fully saturated rings. The lowest BCUT2D eigenvalue weighted by Gasteiger charge is -2.27. The second-order valence-corrected chi connectivity index (χ2v) is 5.65. The molecule has 0 bridgehead atoms. The van der Waals surface area contributed by atoms with Crippen molar-refractivity contribution in [2.45, 2.75) is 44.6 Å². The Morgan fingerprint density at radius 3 is 2.75 bits per heavy atom. The molecule has 20 heavy (non-hydrogen) atoms. The van der Waals surface area contributed by atoms with E-state index in [0.29, 0.717) is 12.0 Å². The van der Waals surface area contributed by atoms with Crippen LogP contribution < -0.4 is 0 Å². The first-order chi connectivity index (χ1) is 9.58. The first-order valence-corrected chi connectivity index (χ1v) is 7.23. The summed E-state index contributed by atoms with van der Waals surface area (Å²) in [5.41, 5.74) is 0.675. The smallest absolute Gasteiger partial charge is 0.307 e. The average Bonchev–Trinajstić information content (AvgIpc) is 2.61. The fraction of sp³-hybridized carbons (Fsp3) is 0.562. The molecule has 0 spiro atoms. The molecule has 3 atom stereocenters. The van der Waals surface area contributed by atoms with Gasteiger partial charge in [-0.05, 0) is 42.9 Å². The summed E-state index contributed by atoms with van der Waals surface area (Å²) in [4.78, 5) is 11.5. The van der Waals surface area contributed by atoms with Crippen molar-refractivity contribution in [3.63, 3.8) is 0 Å². The van der Waals surface area contributed by atoms with Gasteiger partial charge in [0.15, 0.2) is 0 Å². The van der Waals surface area contributed by atoms with Gasteiger partial charge in [0.1, 0.15) is 5.82 Å². The van der Waals surface area contributed by atoms with E-state index in [9.17, 15) is 19.4 Å². The maximum Gasteiger partial charge on any atom is 0.307 e. The number of aliphatic carboxylic acids is 1. The lowest BCUT2D eigenvalue weighted by Crippen LogP contribution is -2.33. The Hall–Kier alpha value is -1.42. The Kier molecular flexibility index (Phi) is 5.12. The predicted molar refractivity (Wildman–Crippen MR) is 73.8 cm³/mol. The van der Waals surface area contributed by atoms with Gasteiger partial charge in [-0.2, -0.15) is 0 Å². The van der Waals surface area contributed by atoms with E-state index in [0.717, 1.165) is 25.7 Å². The Labute approximate surface area is 118 Å². The van der Waals surface area contributed by atoms with Crippen LogP contribution in [-0.4, -0.2) is 22.3 Å². The summed E-state index contributed by atoms with van der Waals surface area (Å²) >= 11 is 0. The normalized spacial score (nSPS) is 24.9. The van der Waals surface area contributed by atoms with E-state index in [1.807, 2.05) is 0 Å². The van der Waals surface area contributed by atoms with Gasteiger partial charge in [0.05, 0.1) is 12.0 Å². The van der Waals surface area contributed by atoms with Crippen LogP contribution in [0.4, 0.5) is 4.39 Å². The van der Waals surface area contributed by atoms with E-state index in [4.69, 9.17) is 0 Å². The number of carboxylic acid groups (broad SMARTS) is 1. The minimum absolute atomic E-state index is 0.238. The highest BCUT2D eigenvalue weighted by Crippen LogP contribution is 2.31. The second kappa shape index (κ2) is 6.84. The van der Waals surface area contributed by atoms with Gasteiger partial charge in [-0.25, -0.2) is 4.39 Å². The van der Waals surface area contributed by atoms with Gasteiger partial charge >= 0.3 is 5.97 Å². The topological polar surface area (TPSA) is 57.5 Å². The zero-order chi connectivity index (χ0) is 14.5. The van der Waals surface area contributed by atoms with Crippen LogP contribution in [0.1, 0.15) is 37.7 Å². The van der Waals surface area contributed by atoms with Crippen LogP contribution in [0.15, 0.2) is 24.3 Å². The van der Waals surface area contributed by atoms with Gasteiger partial charge in [-0.1, -0.05) is 31.4 Å². The number of hydrogen-bond acceptors (Lipinski definition) is 2. The number of aliphatic hydroxyl groups excluding tert-OH is 1. The van der Waals surface area contributed by atoms with Gasteiger partial charge in [-0.3, -0.25) is 4.79 Å². The van der Waals surface area contributed by atoms with Crippen LogP contribution in [-0.2, 0) is 11.2 Å². The zero-order valence-electron chi connectivity index (χ0n) is 11.5. The lowest BCUT2D eigenvalue weighted by molar-refractivity contribution is -0.145. The molecule has 3 unspecified atom stereocenters. The first kappa shape index (κ1) is 15.0. The number of hydrogen-bond donors (Lipinski definition) is 2. The fourth-order valence-electron chi connectivity index (χ4n) is 3.13. The molecular formula is C16H21FO3. The third-order valence-electron chi connectivity index (χ3n) is 4.21. The molecule has 1 aliphatic carbocycles. The van der Waals surface area contributed by atoms with Crippen molar-refractivity contribution in [1.29, 1.82) is 0 Å². The fourth-order valence-corrected chi connectivity index (χ4v) is 3.13. The number of carbonyl (C=O) groups is 1. The molecule has 0 aromatic heterocycles. The van der Waals surface area contributed by atoms with Crippen LogP contribution in [0.2, 0.25) is 0 Å². The number of halogens is 1. The molecule has 0 heterocycles. The van der Waals surface area contributed by atoms with Crippen molar-refractivity contribution in [2.75, 3.05) is 0 Å². The minimum atomic E-state index is -0.903. The molecule has 2 rings (SSSR count). The van der Waals surface area contributed by atoms with E-state index < -0.39 is 18.0 Å². The molecular weight excluding hydrogens is 259 g/mol. The Morgan fingerprint density at radius 2 is 2.05 bits per heavy atom. The monoisotopic (exact) mass is 280 g/mol. The van der Waals surface area contributed by atoms with Gasteiger partial charge in [0.25, 0.3) is 0 Å². The molecule has 1 saturated carbocycles. The Morgan fingerprint density at radius 1 is 1.30 bits per heavy atom. The SMILES string of the molecule is O=C(O)C(Cc1cccc(F)c1)C1CCCCCC1O. The van der Waals surface area contributed by atoms with Crippen LogP contribution in [0, 0.1) is 17.7 Å². The predicted octanol–water partition coefficient (Wildman–Crippen LogP) is 3.01. The van der Waals surface area contributed by atoms with Crippen molar-refractivity contribution in [3.8, 4) is 0 Å². The third kappa shape index (κ3) is 3.79. The first-order valence-electron chi connectivity index (χ1n) is 7.23. The number of rotatable bonds is 4. The van der Waals surface area contributed by atoms with Gasteiger partial charge < -0.3 is 10.2 Å². The standard InChI is InChI=1S/C16H21FO3/c17-12-6-4-5-11(9-12)10-14(16(19)20)13-7-2-1-3-8-15(13)18/h4-6,9,13-15,18H,1-3,7-8,10H2,(H,19,20). The molecule has 1 aromatic carbocycles. The van der Waals surface area contributed by atoms with E-state index in [2.05, 4.69) is 0 Å². The van der Waals surface area contributed by atoms with E-state index in [1.54, 1.807) is 12.1 Å². The van der Waals surface area contributed by atoms with E-state index in [1.165, 1.54) is 12.1 Å². The van der Waals surface area contributed by atoms with Crippen molar-refractivity contribution >= 4 is 5.97 Å². The highest BCUT2D eigenvalue weighted by Gasteiger charge is 2.34. The molecule has 1 aliphatic rings. The lowest BCUT2D eigenvalue weighted by atomic mass is 9.80. The maximum absolute atomic E-state index is 13.2. The molecule has 3 nitrogen and oxygen atoms in total. The molecule has 0 amide bonds. The molecule has 2 N–H and O–H groups in total. The minimum Gasteiger partial charge on any atom is -0.481 e. The molecule has 0 radical (unpaired) electrons. The molecule has 4 heteroatoms. The summed E-state index contributed by atoms with van der Waals surface area (Å²) in [7, 11) is 0. The summed E-state index contributed by atoms with van der Waals surface area (Å²) in [5, 5.41) is 19.6. The van der Waals surface area contributed by atoms with Gasteiger partial charge in [0, 0.05) is 0 Å². The zero-order valence-corrected chi connectivity index (χ0v) is 11.5. The van der Waals surface area contributed by atoms with Crippen molar-refractivity contribution in [3.05, 3.63) is 35.6 Å².